The average Bonchev–Trinajstić information content (AvgIpc) is 2.26. The van der Waals surface area contributed by atoms with Crippen LogP contribution in [0, 0.1) is 0 Å². The molecule has 0 atom stereocenters. The number of ether oxygens (including phenoxy) is 2. The highest BCUT2D eigenvalue weighted by Gasteiger charge is 2.26. The van der Waals surface area contributed by atoms with Gasteiger partial charge in [0.1, 0.15) is 0 Å². The molecule has 0 aromatic rings. The number of rotatable bonds is 2. The first kappa shape index (κ1) is 11.5. The predicted molar refractivity (Wildman–Crippen MR) is 53.1 cm³/mol. The van der Waals surface area contributed by atoms with Crippen LogP contribution in [0.1, 0.15) is 20.3 Å². The van der Waals surface area contributed by atoms with Gasteiger partial charge in [0.05, 0.1) is 19.3 Å². The van der Waals surface area contributed by atoms with Crippen LogP contribution in [0.2, 0.25) is 0 Å². The lowest BCUT2D eigenvalue weighted by molar-refractivity contribution is -0.142. The van der Waals surface area contributed by atoms with E-state index in [2.05, 4.69) is 9.64 Å². The Morgan fingerprint density at radius 1 is 1.57 bits per heavy atom. The molecule has 82 valence electrons. The van der Waals surface area contributed by atoms with Crippen LogP contribution in [0.25, 0.3) is 0 Å². The zero-order chi connectivity index (χ0) is 10.6. The molecule has 0 radical (unpaired) electrons. The average molecular weight is 201 g/mol. The van der Waals surface area contributed by atoms with Crippen LogP contribution in [-0.2, 0) is 14.3 Å². The number of nitrogens with zero attached hydrogens (tertiary/aromatic N) is 1. The van der Waals surface area contributed by atoms with Crippen molar-refractivity contribution in [3.63, 3.8) is 0 Å². The van der Waals surface area contributed by atoms with Crippen molar-refractivity contribution in [2.45, 2.75) is 25.9 Å². The second kappa shape index (κ2) is 4.75. The molecule has 0 aliphatic carbocycles. The van der Waals surface area contributed by atoms with Crippen LogP contribution in [-0.4, -0.2) is 49.8 Å². The summed E-state index contributed by atoms with van der Waals surface area (Å²) in [6.45, 7) is 6.90. The maximum atomic E-state index is 11.1. The summed E-state index contributed by atoms with van der Waals surface area (Å²) in [6.07, 6.45) is 0.973. The summed E-state index contributed by atoms with van der Waals surface area (Å²) >= 11 is 0. The lowest BCUT2D eigenvalue weighted by atomic mass is 10.1. The first-order chi connectivity index (χ1) is 6.53. The van der Waals surface area contributed by atoms with Gasteiger partial charge in [0.25, 0.3) is 0 Å². The summed E-state index contributed by atoms with van der Waals surface area (Å²) in [4.78, 5) is 13.2. The SMILES string of the molecule is COC(=O)CN1CCCOC(C)(C)C1. The molecule has 0 unspecified atom stereocenters. The Morgan fingerprint density at radius 2 is 2.29 bits per heavy atom. The van der Waals surface area contributed by atoms with Crippen LogP contribution in [0.4, 0.5) is 0 Å². The van der Waals surface area contributed by atoms with E-state index in [1.807, 2.05) is 13.8 Å². The molecule has 0 N–H and O–H groups in total. The van der Waals surface area contributed by atoms with Gasteiger partial charge in [-0.25, -0.2) is 0 Å². The van der Waals surface area contributed by atoms with Gasteiger partial charge in [-0.15, -0.1) is 0 Å². The fraction of sp³-hybridized carbons (Fsp3) is 0.900. The third-order valence-electron chi connectivity index (χ3n) is 2.30. The highest BCUT2D eigenvalue weighted by atomic mass is 16.5. The second-order valence-electron chi connectivity index (χ2n) is 4.25. The second-order valence-corrected chi connectivity index (χ2v) is 4.25. The maximum absolute atomic E-state index is 11.1. The Morgan fingerprint density at radius 3 is 2.93 bits per heavy atom. The van der Waals surface area contributed by atoms with Gasteiger partial charge < -0.3 is 9.47 Å². The highest BCUT2D eigenvalue weighted by Crippen LogP contribution is 2.15. The molecule has 0 bridgehead atoms. The van der Waals surface area contributed by atoms with E-state index in [1.165, 1.54) is 7.11 Å². The molecule has 1 rings (SSSR count). The standard InChI is InChI=1S/C10H19NO3/c1-10(2)8-11(5-4-6-14-10)7-9(12)13-3/h4-8H2,1-3H3. The van der Waals surface area contributed by atoms with Gasteiger partial charge in [-0.2, -0.15) is 0 Å². The van der Waals surface area contributed by atoms with E-state index in [-0.39, 0.29) is 11.6 Å². The van der Waals surface area contributed by atoms with Crippen LogP contribution in [0.3, 0.4) is 0 Å². The zero-order valence-corrected chi connectivity index (χ0v) is 9.21. The minimum Gasteiger partial charge on any atom is -0.468 e. The topological polar surface area (TPSA) is 38.8 Å². The monoisotopic (exact) mass is 201 g/mol. The van der Waals surface area contributed by atoms with Gasteiger partial charge in [-0.05, 0) is 20.3 Å². The van der Waals surface area contributed by atoms with Gasteiger partial charge in [0, 0.05) is 19.7 Å². The third kappa shape index (κ3) is 3.64. The van der Waals surface area contributed by atoms with Gasteiger partial charge in [-0.3, -0.25) is 9.69 Å². The molecule has 4 nitrogen and oxygen atoms in total. The predicted octanol–water partition coefficient (Wildman–Crippen LogP) is 0.660. The number of carbonyl (C=O) groups is 1. The summed E-state index contributed by atoms with van der Waals surface area (Å²) in [7, 11) is 1.42. The van der Waals surface area contributed by atoms with Crippen molar-refractivity contribution >= 4 is 5.97 Å². The van der Waals surface area contributed by atoms with Gasteiger partial charge in [0.2, 0.25) is 0 Å². The molecule has 0 spiro atoms. The molecular weight excluding hydrogens is 182 g/mol. The Bertz CT molecular complexity index is 204. The Balaban J connectivity index is 2.47. The van der Waals surface area contributed by atoms with Gasteiger partial charge >= 0.3 is 5.97 Å². The Kier molecular flexibility index (Phi) is 3.89. The van der Waals surface area contributed by atoms with E-state index >= 15 is 0 Å². The lowest BCUT2D eigenvalue weighted by Gasteiger charge is -2.28. The number of hydrogen-bond donors (Lipinski definition) is 0. The zero-order valence-electron chi connectivity index (χ0n) is 9.21. The fourth-order valence-electron chi connectivity index (χ4n) is 1.68. The molecule has 1 heterocycles. The molecule has 4 heteroatoms. The molecule has 1 aliphatic rings. The van der Waals surface area contributed by atoms with Crippen molar-refractivity contribution < 1.29 is 14.3 Å². The summed E-state index contributed by atoms with van der Waals surface area (Å²) in [6, 6.07) is 0. The maximum Gasteiger partial charge on any atom is 0.319 e. The van der Waals surface area contributed by atoms with Gasteiger partial charge in [-0.1, -0.05) is 0 Å². The number of hydrogen-bond acceptors (Lipinski definition) is 4. The minimum absolute atomic E-state index is 0.162. The lowest BCUT2D eigenvalue weighted by Crippen LogP contribution is -2.41. The van der Waals surface area contributed by atoms with E-state index in [0.29, 0.717) is 6.54 Å². The number of esters is 1. The van der Waals surface area contributed by atoms with Crippen LogP contribution < -0.4 is 0 Å². The first-order valence-corrected chi connectivity index (χ1v) is 4.97. The van der Waals surface area contributed by atoms with Gasteiger partial charge in [0.15, 0.2) is 0 Å². The summed E-state index contributed by atoms with van der Waals surface area (Å²) in [5.41, 5.74) is -0.162. The molecule has 0 saturated carbocycles. The van der Waals surface area contributed by atoms with Crippen LogP contribution >= 0.6 is 0 Å². The summed E-state index contributed by atoms with van der Waals surface area (Å²) in [5, 5.41) is 0. The Hall–Kier alpha value is -0.610. The van der Waals surface area contributed by atoms with Crippen molar-refractivity contribution in [3.05, 3.63) is 0 Å². The smallest absolute Gasteiger partial charge is 0.319 e. The molecule has 1 fully saturated rings. The largest absolute Gasteiger partial charge is 0.468 e. The molecule has 0 aromatic carbocycles. The Labute approximate surface area is 85.2 Å². The van der Waals surface area contributed by atoms with Crippen molar-refractivity contribution in [3.8, 4) is 0 Å². The number of methoxy groups -OCH3 is 1. The molecular formula is C10H19NO3. The van der Waals surface area contributed by atoms with E-state index < -0.39 is 0 Å². The van der Waals surface area contributed by atoms with Crippen molar-refractivity contribution in [2.75, 3.05) is 33.4 Å². The van der Waals surface area contributed by atoms with E-state index in [4.69, 9.17) is 4.74 Å². The molecule has 14 heavy (non-hydrogen) atoms. The highest BCUT2D eigenvalue weighted by molar-refractivity contribution is 5.71. The normalized spacial score (nSPS) is 22.8. The van der Waals surface area contributed by atoms with Crippen LogP contribution in [0.5, 0.6) is 0 Å². The quantitative estimate of drug-likeness (QED) is 0.615. The van der Waals surface area contributed by atoms with E-state index in [9.17, 15) is 4.79 Å². The van der Waals surface area contributed by atoms with E-state index in [1.54, 1.807) is 0 Å². The van der Waals surface area contributed by atoms with Crippen molar-refractivity contribution in [1.82, 2.24) is 4.90 Å². The fourth-order valence-corrected chi connectivity index (χ4v) is 1.68. The summed E-state index contributed by atoms with van der Waals surface area (Å²) < 4.78 is 10.3. The van der Waals surface area contributed by atoms with E-state index in [0.717, 1.165) is 26.1 Å². The van der Waals surface area contributed by atoms with Crippen LogP contribution in [0.15, 0.2) is 0 Å². The summed E-state index contributed by atoms with van der Waals surface area (Å²) in [5.74, 6) is -0.178. The molecule has 1 aliphatic heterocycles. The number of carbonyl (C=O) groups excluding carboxylic acids is 1. The van der Waals surface area contributed by atoms with Crippen molar-refractivity contribution in [1.29, 1.82) is 0 Å². The minimum atomic E-state index is -0.178. The third-order valence-corrected chi connectivity index (χ3v) is 2.30. The first-order valence-electron chi connectivity index (χ1n) is 4.97. The molecule has 1 saturated heterocycles. The van der Waals surface area contributed by atoms with Crippen molar-refractivity contribution in [2.24, 2.45) is 0 Å². The molecule has 0 aromatic heterocycles. The molecule has 0 amide bonds.